The SMILES string of the molecule is CCCCOc1[nH]c(=O)ncc1C. The van der Waals surface area contributed by atoms with Crippen molar-refractivity contribution in [3.63, 3.8) is 0 Å². The van der Waals surface area contributed by atoms with Gasteiger partial charge in [-0.05, 0) is 13.3 Å². The van der Waals surface area contributed by atoms with Crippen LogP contribution in [-0.2, 0) is 0 Å². The maximum Gasteiger partial charge on any atom is 0.347 e. The quantitative estimate of drug-likeness (QED) is 0.713. The molecule has 0 spiro atoms. The molecule has 1 aromatic heterocycles. The van der Waals surface area contributed by atoms with Crippen LogP contribution < -0.4 is 10.4 Å². The Bertz CT molecular complexity index is 320. The molecule has 72 valence electrons. The fraction of sp³-hybridized carbons (Fsp3) is 0.556. The van der Waals surface area contributed by atoms with Crippen LogP contribution in [-0.4, -0.2) is 16.6 Å². The van der Waals surface area contributed by atoms with Crippen molar-refractivity contribution in [3.05, 3.63) is 22.2 Å². The van der Waals surface area contributed by atoms with E-state index < -0.39 is 0 Å². The van der Waals surface area contributed by atoms with Gasteiger partial charge in [0.05, 0.1) is 6.61 Å². The lowest BCUT2D eigenvalue weighted by atomic mass is 10.3. The van der Waals surface area contributed by atoms with E-state index in [2.05, 4.69) is 16.9 Å². The first kappa shape index (κ1) is 9.77. The third-order valence-corrected chi connectivity index (χ3v) is 1.70. The zero-order chi connectivity index (χ0) is 9.68. The van der Waals surface area contributed by atoms with E-state index in [-0.39, 0.29) is 5.69 Å². The lowest BCUT2D eigenvalue weighted by Gasteiger charge is -2.06. The number of rotatable bonds is 4. The molecule has 0 amide bonds. The van der Waals surface area contributed by atoms with Crippen LogP contribution in [0.15, 0.2) is 11.0 Å². The van der Waals surface area contributed by atoms with Crippen LogP contribution in [0.25, 0.3) is 0 Å². The minimum Gasteiger partial charge on any atom is -0.479 e. The van der Waals surface area contributed by atoms with Crippen molar-refractivity contribution in [3.8, 4) is 5.88 Å². The lowest BCUT2D eigenvalue weighted by Crippen LogP contribution is -2.12. The van der Waals surface area contributed by atoms with Crippen molar-refractivity contribution in [1.29, 1.82) is 0 Å². The molecule has 4 heteroatoms. The summed E-state index contributed by atoms with van der Waals surface area (Å²) in [5.74, 6) is 0.536. The number of aryl methyl sites for hydroxylation is 1. The smallest absolute Gasteiger partial charge is 0.347 e. The largest absolute Gasteiger partial charge is 0.479 e. The molecule has 1 rings (SSSR count). The summed E-state index contributed by atoms with van der Waals surface area (Å²) in [5.41, 5.74) is 0.493. The molecule has 1 N–H and O–H groups in total. The summed E-state index contributed by atoms with van der Waals surface area (Å²) in [4.78, 5) is 17.0. The van der Waals surface area contributed by atoms with Crippen molar-refractivity contribution in [2.75, 3.05) is 6.61 Å². The van der Waals surface area contributed by atoms with Crippen molar-refractivity contribution >= 4 is 0 Å². The topological polar surface area (TPSA) is 55.0 Å². The maximum atomic E-state index is 10.8. The van der Waals surface area contributed by atoms with E-state index in [1.54, 1.807) is 0 Å². The Labute approximate surface area is 77.0 Å². The first-order valence-corrected chi connectivity index (χ1v) is 4.42. The van der Waals surface area contributed by atoms with Crippen LogP contribution in [0.1, 0.15) is 25.3 Å². The van der Waals surface area contributed by atoms with Crippen molar-refractivity contribution in [2.45, 2.75) is 26.7 Å². The van der Waals surface area contributed by atoms with E-state index in [1.165, 1.54) is 6.20 Å². The number of unbranched alkanes of at least 4 members (excludes halogenated alkanes) is 1. The normalized spacial score (nSPS) is 10.0. The van der Waals surface area contributed by atoms with Gasteiger partial charge in [-0.2, -0.15) is 0 Å². The molecule has 0 saturated heterocycles. The predicted octanol–water partition coefficient (Wildman–Crippen LogP) is 1.26. The molecule has 0 radical (unpaired) electrons. The highest BCUT2D eigenvalue weighted by Gasteiger charge is 1.99. The first-order chi connectivity index (χ1) is 6.24. The van der Waals surface area contributed by atoms with Crippen LogP contribution in [0, 0.1) is 6.92 Å². The zero-order valence-corrected chi connectivity index (χ0v) is 7.96. The van der Waals surface area contributed by atoms with Crippen molar-refractivity contribution in [1.82, 2.24) is 9.97 Å². The van der Waals surface area contributed by atoms with Crippen LogP contribution in [0.5, 0.6) is 5.88 Å². The number of hydrogen-bond donors (Lipinski definition) is 1. The molecule has 0 aromatic carbocycles. The van der Waals surface area contributed by atoms with E-state index >= 15 is 0 Å². The van der Waals surface area contributed by atoms with Gasteiger partial charge < -0.3 is 4.74 Å². The minimum atomic E-state index is -0.364. The summed E-state index contributed by atoms with van der Waals surface area (Å²) in [6.07, 6.45) is 3.58. The Morgan fingerprint density at radius 2 is 2.38 bits per heavy atom. The number of nitrogens with zero attached hydrogens (tertiary/aromatic N) is 1. The Balaban J connectivity index is 2.64. The second kappa shape index (κ2) is 4.64. The molecule has 4 nitrogen and oxygen atoms in total. The Kier molecular flexibility index (Phi) is 3.49. The second-order valence-corrected chi connectivity index (χ2v) is 2.90. The zero-order valence-electron chi connectivity index (χ0n) is 7.96. The number of H-pyrrole nitrogens is 1. The predicted molar refractivity (Wildman–Crippen MR) is 50.0 cm³/mol. The van der Waals surface area contributed by atoms with Gasteiger partial charge in [-0.25, -0.2) is 9.78 Å². The highest BCUT2D eigenvalue weighted by Crippen LogP contribution is 2.09. The summed E-state index contributed by atoms with van der Waals surface area (Å²) in [6, 6.07) is 0. The molecule has 0 atom stereocenters. The average Bonchev–Trinajstić information content (AvgIpc) is 2.11. The highest BCUT2D eigenvalue weighted by atomic mass is 16.5. The molecule has 13 heavy (non-hydrogen) atoms. The number of aromatic amines is 1. The molecule has 0 fully saturated rings. The molecule has 1 aromatic rings. The van der Waals surface area contributed by atoms with Gasteiger partial charge in [-0.3, -0.25) is 4.98 Å². The summed E-state index contributed by atoms with van der Waals surface area (Å²) in [5, 5.41) is 0. The Morgan fingerprint density at radius 3 is 3.08 bits per heavy atom. The van der Waals surface area contributed by atoms with Gasteiger partial charge in [0.15, 0.2) is 5.88 Å². The molecule has 0 unspecified atom stereocenters. The monoisotopic (exact) mass is 182 g/mol. The standard InChI is InChI=1S/C9H14N2O2/c1-3-4-5-13-8-7(2)6-10-9(12)11-8/h6H,3-5H2,1-2H3,(H,10,11,12). The van der Waals surface area contributed by atoms with Gasteiger partial charge in [-0.1, -0.05) is 13.3 Å². The van der Waals surface area contributed by atoms with E-state index in [0.717, 1.165) is 18.4 Å². The van der Waals surface area contributed by atoms with Crippen LogP contribution in [0.2, 0.25) is 0 Å². The van der Waals surface area contributed by atoms with Crippen molar-refractivity contribution in [2.24, 2.45) is 0 Å². The molecule has 0 bridgehead atoms. The van der Waals surface area contributed by atoms with Gasteiger partial charge in [0, 0.05) is 11.8 Å². The van der Waals surface area contributed by atoms with Gasteiger partial charge >= 0.3 is 5.69 Å². The summed E-state index contributed by atoms with van der Waals surface area (Å²) >= 11 is 0. The molecule has 1 heterocycles. The number of aromatic nitrogens is 2. The fourth-order valence-electron chi connectivity index (χ4n) is 0.911. The average molecular weight is 182 g/mol. The first-order valence-electron chi connectivity index (χ1n) is 4.42. The van der Waals surface area contributed by atoms with Crippen LogP contribution in [0.4, 0.5) is 0 Å². The fourth-order valence-corrected chi connectivity index (χ4v) is 0.911. The van der Waals surface area contributed by atoms with E-state index in [1.807, 2.05) is 6.92 Å². The van der Waals surface area contributed by atoms with E-state index in [4.69, 9.17) is 4.74 Å². The van der Waals surface area contributed by atoms with Gasteiger partial charge in [0.2, 0.25) is 0 Å². The number of hydrogen-bond acceptors (Lipinski definition) is 3. The van der Waals surface area contributed by atoms with E-state index in [9.17, 15) is 4.79 Å². The molecular formula is C9H14N2O2. The Hall–Kier alpha value is -1.32. The summed E-state index contributed by atoms with van der Waals surface area (Å²) in [6.45, 7) is 4.58. The van der Waals surface area contributed by atoms with Gasteiger partial charge in [0.1, 0.15) is 0 Å². The third-order valence-electron chi connectivity index (χ3n) is 1.70. The molecular weight excluding hydrogens is 168 g/mol. The number of ether oxygens (including phenoxy) is 1. The lowest BCUT2D eigenvalue weighted by molar-refractivity contribution is 0.294. The summed E-state index contributed by atoms with van der Waals surface area (Å²) in [7, 11) is 0. The molecule has 0 aliphatic heterocycles. The highest BCUT2D eigenvalue weighted by molar-refractivity contribution is 5.19. The van der Waals surface area contributed by atoms with Crippen molar-refractivity contribution < 1.29 is 4.74 Å². The van der Waals surface area contributed by atoms with Crippen LogP contribution >= 0.6 is 0 Å². The molecule has 0 aliphatic carbocycles. The van der Waals surface area contributed by atoms with Gasteiger partial charge in [0.25, 0.3) is 0 Å². The van der Waals surface area contributed by atoms with Crippen LogP contribution in [0.3, 0.4) is 0 Å². The summed E-state index contributed by atoms with van der Waals surface area (Å²) < 4.78 is 5.36. The molecule has 0 aliphatic rings. The second-order valence-electron chi connectivity index (χ2n) is 2.90. The van der Waals surface area contributed by atoms with E-state index in [0.29, 0.717) is 12.5 Å². The Morgan fingerprint density at radius 1 is 1.62 bits per heavy atom. The minimum absolute atomic E-state index is 0.364. The third kappa shape index (κ3) is 2.89. The maximum absolute atomic E-state index is 10.8. The van der Waals surface area contributed by atoms with Gasteiger partial charge in [-0.15, -0.1) is 0 Å². The number of nitrogens with one attached hydrogen (secondary N) is 1. The molecule has 0 saturated carbocycles.